The van der Waals surface area contributed by atoms with Gasteiger partial charge in [-0.05, 0) is 20.8 Å². The minimum Gasteiger partial charge on any atom is -0.462 e. The Kier molecular flexibility index (Phi) is 4.63. The number of rotatable bonds is 5. The number of aliphatic hydroxyl groups excluding tert-OH is 1. The molecular weight excluding hydrogens is 250 g/mol. The van der Waals surface area contributed by atoms with Gasteiger partial charge in [0.25, 0.3) is 0 Å². The number of esters is 1. The van der Waals surface area contributed by atoms with Crippen LogP contribution >= 0.6 is 0 Å². The van der Waals surface area contributed by atoms with Crippen molar-refractivity contribution in [2.24, 2.45) is 5.92 Å². The van der Waals surface area contributed by atoms with Gasteiger partial charge in [-0.1, -0.05) is 0 Å². The van der Waals surface area contributed by atoms with E-state index >= 15 is 0 Å². The summed E-state index contributed by atoms with van der Waals surface area (Å²) < 4.78 is 42.3. The smallest absolute Gasteiger partial charge is 0.377 e. The molecule has 18 heavy (non-hydrogen) atoms. The molecule has 0 aliphatic carbocycles. The number of halogens is 2. The second-order valence-corrected chi connectivity index (χ2v) is 4.50. The molecule has 0 aromatic carbocycles. The van der Waals surface area contributed by atoms with E-state index in [4.69, 9.17) is 14.6 Å². The van der Waals surface area contributed by atoms with Gasteiger partial charge in [0, 0.05) is 0 Å². The summed E-state index contributed by atoms with van der Waals surface area (Å²) >= 11 is 0. The van der Waals surface area contributed by atoms with Gasteiger partial charge in [-0.15, -0.1) is 0 Å². The topological polar surface area (TPSA) is 65.0 Å². The van der Waals surface area contributed by atoms with E-state index in [1.165, 1.54) is 6.92 Å². The van der Waals surface area contributed by atoms with Crippen molar-refractivity contribution in [2.45, 2.75) is 38.6 Å². The zero-order valence-electron chi connectivity index (χ0n) is 10.6. The Morgan fingerprint density at radius 2 is 2.22 bits per heavy atom. The Hall–Kier alpha value is -0.790. The fourth-order valence-electron chi connectivity index (χ4n) is 1.76. The van der Waals surface area contributed by atoms with E-state index in [-0.39, 0.29) is 13.2 Å². The maximum Gasteiger partial charge on any atom is 0.377 e. The fraction of sp³-hybridized carbons (Fsp3) is 0.909. The molecule has 106 valence electrons. The molecule has 1 N–H and O–H groups in total. The van der Waals surface area contributed by atoms with Crippen LogP contribution in [-0.4, -0.2) is 48.7 Å². The molecule has 1 aliphatic rings. The van der Waals surface area contributed by atoms with Crippen molar-refractivity contribution in [3.63, 3.8) is 0 Å². The molecule has 0 radical (unpaired) electrons. The zero-order valence-corrected chi connectivity index (χ0v) is 10.6. The molecule has 0 aromatic rings. The molecule has 1 rings (SSSR count). The molecule has 1 fully saturated rings. The molecule has 0 spiro atoms. The normalized spacial score (nSPS) is 24.9. The number of alkyl halides is 2. The molecule has 0 amide bonds. The lowest BCUT2D eigenvalue weighted by molar-refractivity contribution is -0.200. The second kappa shape index (κ2) is 5.46. The molecule has 5 nitrogen and oxygen atoms in total. The minimum atomic E-state index is -3.81. The highest BCUT2D eigenvalue weighted by atomic mass is 19.3. The molecule has 1 aliphatic heterocycles. The summed E-state index contributed by atoms with van der Waals surface area (Å²) in [5.74, 6) is -8.14. The van der Waals surface area contributed by atoms with Crippen LogP contribution in [0.1, 0.15) is 20.8 Å². The molecule has 0 aromatic heterocycles. The number of carbonyl (C=O) groups excluding carboxylic acids is 1. The van der Waals surface area contributed by atoms with Gasteiger partial charge in [0.2, 0.25) is 0 Å². The first-order chi connectivity index (χ1) is 8.24. The van der Waals surface area contributed by atoms with Crippen LogP contribution in [0.4, 0.5) is 8.78 Å². The van der Waals surface area contributed by atoms with E-state index in [1.54, 1.807) is 13.8 Å². The van der Waals surface area contributed by atoms with Crippen LogP contribution in [0.2, 0.25) is 0 Å². The van der Waals surface area contributed by atoms with Gasteiger partial charge in [-0.3, -0.25) is 0 Å². The third-order valence-electron chi connectivity index (χ3n) is 2.69. The van der Waals surface area contributed by atoms with E-state index in [0.717, 1.165) is 0 Å². The molecule has 7 heteroatoms. The van der Waals surface area contributed by atoms with E-state index < -0.39 is 36.3 Å². The Labute approximate surface area is 104 Å². The van der Waals surface area contributed by atoms with Crippen LogP contribution in [0.25, 0.3) is 0 Å². The standard InChI is InChI=1S/C11H18F2O5/c1-4-16-9(15)11(12,13)7(5-14)8-6-17-10(2,3)18-8/h7-8,14H,4-6H2,1-3H3/t7?,8-/m1/s1. The summed E-state index contributed by atoms with van der Waals surface area (Å²) in [5, 5.41) is 9.09. The zero-order chi connectivity index (χ0) is 14.0. The second-order valence-electron chi connectivity index (χ2n) is 4.50. The van der Waals surface area contributed by atoms with E-state index in [1.807, 2.05) is 0 Å². The number of aliphatic hydroxyl groups is 1. The van der Waals surface area contributed by atoms with Crippen molar-refractivity contribution in [1.82, 2.24) is 0 Å². The molecular formula is C11H18F2O5. The van der Waals surface area contributed by atoms with Crippen molar-refractivity contribution < 1.29 is 32.9 Å². The Bertz CT molecular complexity index is 306. The molecule has 0 bridgehead atoms. The van der Waals surface area contributed by atoms with Crippen LogP contribution in [-0.2, 0) is 19.0 Å². The van der Waals surface area contributed by atoms with Gasteiger partial charge in [-0.2, -0.15) is 8.78 Å². The molecule has 0 saturated carbocycles. The van der Waals surface area contributed by atoms with Crippen molar-refractivity contribution in [1.29, 1.82) is 0 Å². The van der Waals surface area contributed by atoms with E-state index in [0.29, 0.717) is 0 Å². The lowest BCUT2D eigenvalue weighted by Crippen LogP contribution is -2.47. The Morgan fingerprint density at radius 1 is 1.61 bits per heavy atom. The Balaban J connectivity index is 2.80. The predicted molar refractivity (Wildman–Crippen MR) is 57.1 cm³/mol. The summed E-state index contributed by atoms with van der Waals surface area (Å²) in [7, 11) is 0. The summed E-state index contributed by atoms with van der Waals surface area (Å²) in [4.78, 5) is 11.2. The minimum absolute atomic E-state index is 0.104. The van der Waals surface area contributed by atoms with Crippen molar-refractivity contribution in [2.75, 3.05) is 19.8 Å². The summed E-state index contributed by atoms with van der Waals surface area (Å²) in [6.07, 6.45) is -1.05. The molecule has 1 unspecified atom stereocenters. The average Bonchev–Trinajstić information content (AvgIpc) is 2.59. The lowest BCUT2D eigenvalue weighted by atomic mass is 9.96. The number of ether oxygens (including phenoxy) is 3. The van der Waals surface area contributed by atoms with Gasteiger partial charge in [0.1, 0.15) is 0 Å². The first kappa shape index (κ1) is 15.3. The maximum absolute atomic E-state index is 13.8. The predicted octanol–water partition coefficient (Wildman–Crippen LogP) is 0.945. The SMILES string of the molecule is CCOC(=O)C(F)(F)C(CO)[C@H]1COC(C)(C)O1. The highest BCUT2D eigenvalue weighted by molar-refractivity contribution is 5.78. The third-order valence-corrected chi connectivity index (χ3v) is 2.69. The van der Waals surface area contributed by atoms with Crippen LogP contribution in [0, 0.1) is 5.92 Å². The largest absolute Gasteiger partial charge is 0.462 e. The quantitative estimate of drug-likeness (QED) is 0.752. The van der Waals surface area contributed by atoms with Gasteiger partial charge in [-0.25, -0.2) is 4.79 Å². The van der Waals surface area contributed by atoms with Gasteiger partial charge in [0.15, 0.2) is 5.79 Å². The molecule has 1 heterocycles. The average molecular weight is 268 g/mol. The first-order valence-electron chi connectivity index (χ1n) is 5.72. The van der Waals surface area contributed by atoms with E-state index in [9.17, 15) is 13.6 Å². The van der Waals surface area contributed by atoms with Crippen molar-refractivity contribution in [3.8, 4) is 0 Å². The van der Waals surface area contributed by atoms with Crippen LogP contribution in [0.15, 0.2) is 0 Å². The molecule has 1 saturated heterocycles. The first-order valence-corrected chi connectivity index (χ1v) is 5.72. The van der Waals surface area contributed by atoms with Crippen molar-refractivity contribution in [3.05, 3.63) is 0 Å². The maximum atomic E-state index is 13.8. The van der Waals surface area contributed by atoms with Crippen LogP contribution < -0.4 is 0 Å². The number of hydrogen-bond acceptors (Lipinski definition) is 5. The van der Waals surface area contributed by atoms with Crippen LogP contribution in [0.5, 0.6) is 0 Å². The third kappa shape index (κ3) is 3.15. The summed E-state index contributed by atoms with van der Waals surface area (Å²) in [6.45, 7) is 3.43. The van der Waals surface area contributed by atoms with Crippen molar-refractivity contribution >= 4 is 5.97 Å². The monoisotopic (exact) mass is 268 g/mol. The highest BCUT2D eigenvalue weighted by Crippen LogP contribution is 2.35. The van der Waals surface area contributed by atoms with Crippen LogP contribution in [0.3, 0.4) is 0 Å². The summed E-state index contributed by atoms with van der Waals surface area (Å²) in [5.41, 5.74) is 0. The lowest BCUT2D eigenvalue weighted by Gasteiger charge is -2.28. The number of hydrogen-bond donors (Lipinski definition) is 1. The fourth-order valence-corrected chi connectivity index (χ4v) is 1.76. The van der Waals surface area contributed by atoms with E-state index in [2.05, 4.69) is 4.74 Å². The highest BCUT2D eigenvalue weighted by Gasteiger charge is 2.55. The number of carbonyl (C=O) groups is 1. The summed E-state index contributed by atoms with van der Waals surface area (Å²) in [6, 6.07) is 0. The molecule has 2 atom stereocenters. The van der Waals surface area contributed by atoms with Gasteiger partial charge >= 0.3 is 11.9 Å². The Morgan fingerprint density at radius 3 is 2.61 bits per heavy atom. The van der Waals surface area contributed by atoms with Gasteiger partial charge in [0.05, 0.1) is 31.8 Å². The van der Waals surface area contributed by atoms with Gasteiger partial charge < -0.3 is 19.3 Å².